The van der Waals surface area contributed by atoms with Crippen molar-refractivity contribution < 1.29 is 9.59 Å². The van der Waals surface area contributed by atoms with Crippen LogP contribution in [0.1, 0.15) is 19.3 Å². The molecule has 4 heteroatoms. The summed E-state index contributed by atoms with van der Waals surface area (Å²) in [6, 6.07) is -0.307. The minimum Gasteiger partial charge on any atom is -0.368 e. The monoisotopic (exact) mass is 168 g/mol. The molecule has 0 aromatic heterocycles. The van der Waals surface area contributed by atoms with Gasteiger partial charge < -0.3 is 10.6 Å². The molecule has 1 unspecified atom stereocenters. The summed E-state index contributed by atoms with van der Waals surface area (Å²) < 4.78 is 0. The van der Waals surface area contributed by atoms with E-state index in [0.717, 1.165) is 19.3 Å². The summed E-state index contributed by atoms with van der Waals surface area (Å²) in [6.07, 6.45) is 2.72. The number of carbonyl (C=O) groups is 2. The van der Waals surface area contributed by atoms with E-state index in [1.54, 1.807) is 4.90 Å². The topological polar surface area (TPSA) is 63.4 Å². The van der Waals surface area contributed by atoms with E-state index >= 15 is 0 Å². The van der Waals surface area contributed by atoms with E-state index in [2.05, 4.69) is 0 Å². The Hall–Kier alpha value is -1.06. The lowest BCUT2D eigenvalue weighted by molar-refractivity contribution is -0.147. The largest absolute Gasteiger partial charge is 0.368 e. The average Bonchev–Trinajstić information content (AvgIpc) is 2.62. The van der Waals surface area contributed by atoms with Gasteiger partial charge in [0.2, 0.25) is 11.8 Å². The number of nitrogens with two attached hydrogens (primary N) is 1. The van der Waals surface area contributed by atoms with Crippen molar-refractivity contribution in [1.29, 1.82) is 0 Å². The van der Waals surface area contributed by atoms with Crippen LogP contribution in [-0.2, 0) is 9.59 Å². The van der Waals surface area contributed by atoms with Gasteiger partial charge in [0.15, 0.2) is 0 Å². The normalized spacial score (nSPS) is 28.0. The first-order valence-corrected chi connectivity index (χ1v) is 4.30. The summed E-state index contributed by atoms with van der Waals surface area (Å²) in [7, 11) is 0. The molecule has 2 N–H and O–H groups in total. The number of rotatable bonds is 2. The standard InChI is InChI=1S/C8H12N2O2/c9-7(11)6-3-4-10(6)8(12)5-1-2-5/h5-6H,1-4H2,(H2,9,11). The van der Waals surface area contributed by atoms with Crippen LogP contribution in [0.4, 0.5) is 0 Å². The Morgan fingerprint density at radius 3 is 2.25 bits per heavy atom. The number of carbonyl (C=O) groups excluding carboxylic acids is 2. The van der Waals surface area contributed by atoms with Crippen LogP contribution in [0, 0.1) is 5.92 Å². The SMILES string of the molecule is NC(=O)C1CCN1C(=O)C1CC1. The van der Waals surface area contributed by atoms with Gasteiger partial charge in [-0.3, -0.25) is 9.59 Å². The number of amides is 2. The molecule has 1 aliphatic heterocycles. The van der Waals surface area contributed by atoms with Crippen molar-refractivity contribution in [2.24, 2.45) is 11.7 Å². The molecule has 1 atom stereocenters. The van der Waals surface area contributed by atoms with Crippen LogP contribution in [0.2, 0.25) is 0 Å². The third kappa shape index (κ3) is 1.07. The van der Waals surface area contributed by atoms with E-state index < -0.39 is 0 Å². The van der Waals surface area contributed by atoms with Crippen LogP contribution in [0.3, 0.4) is 0 Å². The Morgan fingerprint density at radius 1 is 1.25 bits per heavy atom. The number of hydrogen-bond donors (Lipinski definition) is 1. The Bertz CT molecular complexity index is 235. The number of primary amides is 1. The highest BCUT2D eigenvalue weighted by Gasteiger charge is 2.42. The quantitative estimate of drug-likeness (QED) is 0.603. The maximum Gasteiger partial charge on any atom is 0.240 e. The molecule has 1 heterocycles. The molecule has 0 spiro atoms. The summed E-state index contributed by atoms with van der Waals surface area (Å²) >= 11 is 0. The summed E-state index contributed by atoms with van der Waals surface area (Å²) in [5.74, 6) is -0.0348. The third-order valence-corrected chi connectivity index (χ3v) is 2.56. The third-order valence-electron chi connectivity index (χ3n) is 2.56. The van der Waals surface area contributed by atoms with E-state index in [0.29, 0.717) is 6.54 Å². The zero-order valence-electron chi connectivity index (χ0n) is 6.82. The zero-order chi connectivity index (χ0) is 8.72. The Balaban J connectivity index is 1.95. The highest BCUT2D eigenvalue weighted by atomic mass is 16.2. The van der Waals surface area contributed by atoms with Gasteiger partial charge >= 0.3 is 0 Å². The molecule has 1 aliphatic carbocycles. The fourth-order valence-electron chi connectivity index (χ4n) is 1.51. The van der Waals surface area contributed by atoms with Crippen LogP contribution >= 0.6 is 0 Å². The van der Waals surface area contributed by atoms with Crippen molar-refractivity contribution in [3.05, 3.63) is 0 Å². The van der Waals surface area contributed by atoms with Gasteiger partial charge in [0.05, 0.1) is 0 Å². The van der Waals surface area contributed by atoms with Crippen LogP contribution in [0.15, 0.2) is 0 Å². The van der Waals surface area contributed by atoms with Crippen molar-refractivity contribution in [3.8, 4) is 0 Å². The minimum atomic E-state index is -0.366. The molecule has 1 saturated carbocycles. The second-order valence-electron chi connectivity index (χ2n) is 3.51. The smallest absolute Gasteiger partial charge is 0.240 e. The maximum absolute atomic E-state index is 11.4. The maximum atomic E-state index is 11.4. The fourth-order valence-corrected chi connectivity index (χ4v) is 1.51. The van der Waals surface area contributed by atoms with Crippen LogP contribution in [0.5, 0.6) is 0 Å². The van der Waals surface area contributed by atoms with Crippen LogP contribution < -0.4 is 5.73 Å². The van der Waals surface area contributed by atoms with Gasteiger partial charge in [0.25, 0.3) is 0 Å². The van der Waals surface area contributed by atoms with Crippen molar-refractivity contribution in [3.63, 3.8) is 0 Å². The van der Waals surface area contributed by atoms with E-state index in [4.69, 9.17) is 5.73 Å². The second-order valence-corrected chi connectivity index (χ2v) is 3.51. The molecule has 66 valence electrons. The molecule has 0 bridgehead atoms. The first-order valence-electron chi connectivity index (χ1n) is 4.30. The molecule has 2 rings (SSSR count). The number of nitrogens with zero attached hydrogens (tertiary/aromatic N) is 1. The van der Waals surface area contributed by atoms with Gasteiger partial charge in [-0.25, -0.2) is 0 Å². The highest BCUT2D eigenvalue weighted by molar-refractivity contribution is 5.90. The molecule has 2 fully saturated rings. The Morgan fingerprint density at radius 2 is 1.92 bits per heavy atom. The molecule has 1 saturated heterocycles. The van der Waals surface area contributed by atoms with E-state index in [-0.39, 0.29) is 23.8 Å². The molecular weight excluding hydrogens is 156 g/mol. The summed E-state index contributed by atoms with van der Waals surface area (Å²) in [4.78, 5) is 23.8. The highest BCUT2D eigenvalue weighted by Crippen LogP contribution is 2.33. The summed E-state index contributed by atoms with van der Waals surface area (Å²) in [5.41, 5.74) is 5.11. The lowest BCUT2D eigenvalue weighted by Crippen LogP contribution is -2.57. The van der Waals surface area contributed by atoms with Gasteiger partial charge in [-0.2, -0.15) is 0 Å². The molecule has 4 nitrogen and oxygen atoms in total. The molecule has 12 heavy (non-hydrogen) atoms. The number of likely N-dealkylation sites (tertiary alicyclic amines) is 1. The van der Waals surface area contributed by atoms with E-state index in [1.807, 2.05) is 0 Å². The van der Waals surface area contributed by atoms with Gasteiger partial charge in [0, 0.05) is 12.5 Å². The molecule has 0 radical (unpaired) electrons. The van der Waals surface area contributed by atoms with Crippen LogP contribution in [0.25, 0.3) is 0 Å². The fraction of sp³-hybridized carbons (Fsp3) is 0.750. The van der Waals surface area contributed by atoms with Crippen molar-refractivity contribution >= 4 is 11.8 Å². The second kappa shape index (κ2) is 2.47. The average molecular weight is 168 g/mol. The van der Waals surface area contributed by atoms with E-state index in [9.17, 15) is 9.59 Å². The minimum absolute atomic E-state index is 0.130. The predicted molar refractivity (Wildman–Crippen MR) is 42.0 cm³/mol. The van der Waals surface area contributed by atoms with Crippen molar-refractivity contribution in [1.82, 2.24) is 4.90 Å². The molecule has 2 aliphatic rings. The zero-order valence-corrected chi connectivity index (χ0v) is 6.82. The van der Waals surface area contributed by atoms with Gasteiger partial charge in [0.1, 0.15) is 6.04 Å². The lowest BCUT2D eigenvalue weighted by Gasteiger charge is -2.38. The first kappa shape index (κ1) is 7.58. The van der Waals surface area contributed by atoms with Gasteiger partial charge in [-0.1, -0.05) is 0 Å². The van der Waals surface area contributed by atoms with E-state index in [1.165, 1.54) is 0 Å². The molecule has 0 aromatic carbocycles. The summed E-state index contributed by atoms with van der Waals surface area (Å²) in [6.45, 7) is 0.711. The van der Waals surface area contributed by atoms with Crippen molar-refractivity contribution in [2.45, 2.75) is 25.3 Å². The lowest BCUT2D eigenvalue weighted by atomic mass is 10.0. The van der Waals surface area contributed by atoms with Crippen LogP contribution in [-0.4, -0.2) is 29.3 Å². The molecular formula is C8H12N2O2. The van der Waals surface area contributed by atoms with Crippen molar-refractivity contribution in [2.75, 3.05) is 6.54 Å². The van der Waals surface area contributed by atoms with Gasteiger partial charge in [-0.15, -0.1) is 0 Å². The Kier molecular flexibility index (Phi) is 1.56. The molecule has 2 amide bonds. The Labute approximate surface area is 70.7 Å². The van der Waals surface area contributed by atoms with Gasteiger partial charge in [-0.05, 0) is 19.3 Å². The first-order chi connectivity index (χ1) is 5.70. The molecule has 0 aromatic rings. The predicted octanol–water partition coefficient (Wildman–Crippen LogP) is -0.517. The number of hydrogen-bond acceptors (Lipinski definition) is 2. The summed E-state index contributed by atoms with van der Waals surface area (Å²) in [5, 5.41) is 0.